The van der Waals surface area contributed by atoms with Crippen LogP contribution in [0.15, 0.2) is 52.2 Å². The van der Waals surface area contributed by atoms with Crippen LogP contribution in [-0.4, -0.2) is 24.0 Å². The Hall–Kier alpha value is -2.76. The summed E-state index contributed by atoms with van der Waals surface area (Å²) in [4.78, 5) is 7.65. The van der Waals surface area contributed by atoms with E-state index in [1.807, 2.05) is 25.3 Å². The second-order valence-electron chi connectivity index (χ2n) is 5.46. The zero-order chi connectivity index (χ0) is 16.8. The van der Waals surface area contributed by atoms with Gasteiger partial charge in [0.15, 0.2) is 5.96 Å². The molecule has 3 N–H and O–H groups in total. The average molecular weight is 328 g/mol. The van der Waals surface area contributed by atoms with Crippen molar-refractivity contribution in [3.63, 3.8) is 0 Å². The van der Waals surface area contributed by atoms with Gasteiger partial charge < -0.3 is 20.0 Å². The summed E-state index contributed by atoms with van der Waals surface area (Å²) < 4.78 is 18.7. The lowest BCUT2D eigenvalue weighted by molar-refractivity contribution is 0.512. The maximum absolute atomic E-state index is 13.4. The molecule has 3 aromatic rings. The van der Waals surface area contributed by atoms with Gasteiger partial charge in [-0.2, -0.15) is 0 Å². The number of aliphatic imine (C=N–C) groups is 1. The van der Waals surface area contributed by atoms with Gasteiger partial charge in [-0.25, -0.2) is 9.38 Å². The van der Waals surface area contributed by atoms with Gasteiger partial charge in [0.05, 0.1) is 6.26 Å². The van der Waals surface area contributed by atoms with Crippen LogP contribution in [-0.2, 0) is 13.0 Å². The Kier molecular flexibility index (Phi) is 5.15. The van der Waals surface area contributed by atoms with E-state index in [4.69, 9.17) is 4.42 Å². The molecule has 0 fully saturated rings. The molecule has 0 amide bonds. The van der Waals surface area contributed by atoms with Crippen LogP contribution in [0.25, 0.3) is 10.9 Å². The number of aromatic amines is 1. The van der Waals surface area contributed by atoms with Crippen molar-refractivity contribution in [3.05, 3.63) is 59.9 Å². The second kappa shape index (κ2) is 7.68. The fourth-order valence-corrected chi connectivity index (χ4v) is 2.57. The van der Waals surface area contributed by atoms with Gasteiger partial charge in [0, 0.05) is 30.2 Å². The minimum absolute atomic E-state index is 0.218. The lowest BCUT2D eigenvalue weighted by atomic mass is 10.1. The van der Waals surface area contributed by atoms with Crippen LogP contribution in [0, 0.1) is 5.82 Å². The zero-order valence-corrected chi connectivity index (χ0v) is 13.6. The summed E-state index contributed by atoms with van der Waals surface area (Å²) in [6.07, 6.45) is 4.34. The molecular formula is C18H21FN4O. The first-order valence-electron chi connectivity index (χ1n) is 8.06. The fourth-order valence-electron chi connectivity index (χ4n) is 2.57. The Bertz CT molecular complexity index is 808. The van der Waals surface area contributed by atoms with Gasteiger partial charge in [-0.15, -0.1) is 0 Å². The normalized spacial score (nSPS) is 11.8. The van der Waals surface area contributed by atoms with E-state index < -0.39 is 0 Å². The van der Waals surface area contributed by atoms with Crippen LogP contribution in [0.4, 0.5) is 4.39 Å². The van der Waals surface area contributed by atoms with Crippen LogP contribution in [0.5, 0.6) is 0 Å². The number of aromatic nitrogens is 1. The highest BCUT2D eigenvalue weighted by molar-refractivity contribution is 5.83. The summed E-state index contributed by atoms with van der Waals surface area (Å²) in [5.41, 5.74) is 2.03. The summed E-state index contributed by atoms with van der Waals surface area (Å²) in [5, 5.41) is 7.42. The molecule has 0 aliphatic heterocycles. The number of guanidine groups is 1. The molecule has 2 heterocycles. The highest BCUT2D eigenvalue weighted by atomic mass is 19.1. The van der Waals surface area contributed by atoms with Crippen molar-refractivity contribution in [2.75, 3.05) is 13.1 Å². The largest absolute Gasteiger partial charge is 0.467 e. The molecule has 0 aliphatic rings. The van der Waals surface area contributed by atoms with Crippen molar-refractivity contribution in [2.45, 2.75) is 19.9 Å². The lowest BCUT2D eigenvalue weighted by Crippen LogP contribution is -2.38. The molecule has 2 aromatic heterocycles. The molecule has 0 radical (unpaired) electrons. The third kappa shape index (κ3) is 3.95. The van der Waals surface area contributed by atoms with Gasteiger partial charge in [0.1, 0.15) is 18.1 Å². The number of H-pyrrole nitrogens is 1. The van der Waals surface area contributed by atoms with Gasteiger partial charge in [-0.3, -0.25) is 0 Å². The fraction of sp³-hybridized carbons (Fsp3) is 0.278. The van der Waals surface area contributed by atoms with Crippen molar-refractivity contribution in [1.29, 1.82) is 0 Å². The number of halogens is 1. The van der Waals surface area contributed by atoms with E-state index in [1.54, 1.807) is 18.4 Å². The highest BCUT2D eigenvalue weighted by Gasteiger charge is 2.05. The molecule has 5 nitrogen and oxygen atoms in total. The predicted octanol–water partition coefficient (Wildman–Crippen LogP) is 3.20. The van der Waals surface area contributed by atoms with Gasteiger partial charge in [0.2, 0.25) is 0 Å². The van der Waals surface area contributed by atoms with Crippen LogP contribution >= 0.6 is 0 Å². The van der Waals surface area contributed by atoms with Gasteiger partial charge >= 0.3 is 0 Å². The van der Waals surface area contributed by atoms with E-state index in [0.717, 1.165) is 41.2 Å². The molecule has 6 heteroatoms. The summed E-state index contributed by atoms with van der Waals surface area (Å²) in [7, 11) is 0. The second-order valence-corrected chi connectivity index (χ2v) is 5.46. The van der Waals surface area contributed by atoms with Gasteiger partial charge in [-0.1, -0.05) is 0 Å². The molecule has 3 rings (SSSR count). The van der Waals surface area contributed by atoms with Gasteiger partial charge in [-0.05, 0) is 49.2 Å². The minimum Gasteiger partial charge on any atom is -0.467 e. The van der Waals surface area contributed by atoms with E-state index >= 15 is 0 Å². The Balaban J connectivity index is 1.60. The van der Waals surface area contributed by atoms with Crippen molar-refractivity contribution in [2.24, 2.45) is 4.99 Å². The zero-order valence-electron chi connectivity index (χ0n) is 13.6. The first-order chi connectivity index (χ1) is 11.8. The maximum Gasteiger partial charge on any atom is 0.191 e. The van der Waals surface area contributed by atoms with Crippen molar-refractivity contribution in [1.82, 2.24) is 15.6 Å². The number of hydrogen-bond donors (Lipinski definition) is 3. The van der Waals surface area contributed by atoms with E-state index in [-0.39, 0.29) is 5.82 Å². The number of nitrogens with zero attached hydrogens (tertiary/aromatic N) is 1. The minimum atomic E-state index is -0.218. The monoisotopic (exact) mass is 328 g/mol. The van der Waals surface area contributed by atoms with E-state index in [1.165, 1.54) is 6.07 Å². The van der Waals surface area contributed by atoms with E-state index in [2.05, 4.69) is 20.6 Å². The van der Waals surface area contributed by atoms with Crippen LogP contribution < -0.4 is 10.6 Å². The Labute approximate surface area is 140 Å². The number of rotatable bonds is 6. The van der Waals surface area contributed by atoms with E-state index in [9.17, 15) is 4.39 Å². The third-order valence-corrected chi connectivity index (χ3v) is 3.73. The molecule has 24 heavy (non-hydrogen) atoms. The number of fused-ring (bicyclic) bond motifs is 1. The van der Waals surface area contributed by atoms with Crippen LogP contribution in [0.2, 0.25) is 0 Å². The standard InChI is InChI=1S/C18H21FN4O/c1-2-20-18(23-12-15-4-3-9-24-15)21-8-7-13-11-22-17-6-5-14(19)10-16(13)17/h3-6,9-11,22H,2,7-8,12H2,1H3,(H2,20,21,23). The molecular weight excluding hydrogens is 307 g/mol. The number of furan rings is 1. The topological polar surface area (TPSA) is 65.3 Å². The summed E-state index contributed by atoms with van der Waals surface area (Å²) in [5.74, 6) is 1.34. The first-order valence-corrected chi connectivity index (χ1v) is 8.06. The Morgan fingerprint density at radius 1 is 1.29 bits per heavy atom. The molecule has 0 saturated heterocycles. The number of hydrogen-bond acceptors (Lipinski definition) is 2. The van der Waals surface area contributed by atoms with Gasteiger partial charge in [0.25, 0.3) is 0 Å². The molecule has 0 atom stereocenters. The lowest BCUT2D eigenvalue weighted by Gasteiger charge is -2.10. The highest BCUT2D eigenvalue weighted by Crippen LogP contribution is 2.19. The van der Waals surface area contributed by atoms with Crippen molar-refractivity contribution >= 4 is 16.9 Å². The molecule has 0 saturated carbocycles. The Morgan fingerprint density at radius 3 is 3.00 bits per heavy atom. The summed E-state index contributed by atoms with van der Waals surface area (Å²) >= 11 is 0. The van der Waals surface area contributed by atoms with Crippen LogP contribution in [0.1, 0.15) is 18.2 Å². The van der Waals surface area contributed by atoms with E-state index in [0.29, 0.717) is 13.1 Å². The summed E-state index contributed by atoms with van der Waals surface area (Å²) in [6.45, 7) is 3.99. The SMILES string of the molecule is CCNC(=NCc1ccco1)NCCc1c[nH]c2ccc(F)cc12. The first kappa shape index (κ1) is 16.1. The molecule has 1 aromatic carbocycles. The number of nitrogens with one attached hydrogen (secondary N) is 3. The average Bonchev–Trinajstić information content (AvgIpc) is 3.22. The molecule has 0 unspecified atom stereocenters. The number of benzene rings is 1. The smallest absolute Gasteiger partial charge is 0.191 e. The summed E-state index contributed by atoms with van der Waals surface area (Å²) in [6, 6.07) is 8.54. The molecule has 0 bridgehead atoms. The molecule has 0 aliphatic carbocycles. The predicted molar refractivity (Wildman–Crippen MR) is 93.5 cm³/mol. The molecule has 0 spiro atoms. The third-order valence-electron chi connectivity index (χ3n) is 3.73. The molecule has 126 valence electrons. The van der Waals surface area contributed by atoms with Crippen molar-refractivity contribution in [3.8, 4) is 0 Å². The maximum atomic E-state index is 13.4. The Morgan fingerprint density at radius 2 is 2.21 bits per heavy atom. The van der Waals surface area contributed by atoms with Crippen LogP contribution in [0.3, 0.4) is 0 Å². The quantitative estimate of drug-likeness (QED) is 0.481. The van der Waals surface area contributed by atoms with Crippen molar-refractivity contribution < 1.29 is 8.81 Å².